The third-order valence-corrected chi connectivity index (χ3v) is 2.61. The molecule has 0 heterocycles. The smallest absolute Gasteiger partial charge is 0.256 e. The van der Waals surface area contributed by atoms with Crippen molar-refractivity contribution in [3.8, 4) is 0 Å². The van der Waals surface area contributed by atoms with E-state index in [1.165, 1.54) is 0 Å². The first kappa shape index (κ1) is 12.5. The maximum atomic E-state index is 11.8. The second kappa shape index (κ2) is 4.99. The van der Waals surface area contributed by atoms with Gasteiger partial charge < -0.3 is 16.2 Å². The summed E-state index contributed by atoms with van der Waals surface area (Å²) < 4.78 is 0. The Labute approximate surface area is 95.5 Å². The van der Waals surface area contributed by atoms with Gasteiger partial charge in [-0.15, -0.1) is 0 Å². The van der Waals surface area contributed by atoms with E-state index in [-0.39, 0.29) is 5.91 Å². The minimum Gasteiger partial charge on any atom is -0.399 e. The van der Waals surface area contributed by atoms with Crippen molar-refractivity contribution in [2.45, 2.75) is 25.9 Å². The third kappa shape index (κ3) is 2.33. The zero-order chi connectivity index (χ0) is 12.2. The zero-order valence-corrected chi connectivity index (χ0v) is 9.66. The van der Waals surface area contributed by atoms with Crippen LogP contribution in [0.5, 0.6) is 0 Å². The van der Waals surface area contributed by atoms with Crippen molar-refractivity contribution >= 4 is 11.6 Å². The van der Waals surface area contributed by atoms with Crippen molar-refractivity contribution in [2.75, 3.05) is 12.3 Å². The van der Waals surface area contributed by atoms with Gasteiger partial charge in [0, 0.05) is 12.2 Å². The van der Waals surface area contributed by atoms with Gasteiger partial charge in [-0.3, -0.25) is 4.79 Å². The summed E-state index contributed by atoms with van der Waals surface area (Å²) in [5.74, 6) is -0.373. The highest BCUT2D eigenvalue weighted by atomic mass is 16.3. The Morgan fingerprint density at radius 1 is 1.38 bits per heavy atom. The molecule has 4 N–H and O–H groups in total. The molecule has 0 aliphatic heterocycles. The summed E-state index contributed by atoms with van der Waals surface area (Å²) in [5.41, 5.74) is 5.27. The Bertz CT molecular complexity index is 362. The van der Waals surface area contributed by atoms with E-state index in [1.807, 2.05) is 6.92 Å². The predicted molar refractivity (Wildman–Crippen MR) is 63.7 cm³/mol. The van der Waals surface area contributed by atoms with Crippen molar-refractivity contribution in [2.24, 2.45) is 0 Å². The first-order chi connectivity index (χ1) is 7.54. The standard InChI is InChI=1S/C12H18N2O2/c1-3-12(16,11(15)14-4-2)9-5-7-10(13)8-6-9/h5-8,16H,3-4,13H2,1-2H3,(H,14,15). The highest BCUT2D eigenvalue weighted by Crippen LogP contribution is 2.25. The molecule has 1 aromatic rings. The van der Waals surface area contributed by atoms with E-state index < -0.39 is 5.60 Å². The third-order valence-electron chi connectivity index (χ3n) is 2.61. The van der Waals surface area contributed by atoms with E-state index in [0.29, 0.717) is 24.2 Å². The van der Waals surface area contributed by atoms with Crippen LogP contribution in [0, 0.1) is 0 Å². The number of anilines is 1. The molecule has 0 spiro atoms. The number of amides is 1. The number of carbonyl (C=O) groups is 1. The van der Waals surface area contributed by atoms with Crippen LogP contribution in [-0.4, -0.2) is 17.6 Å². The lowest BCUT2D eigenvalue weighted by atomic mass is 9.90. The van der Waals surface area contributed by atoms with Gasteiger partial charge in [-0.05, 0) is 31.0 Å². The van der Waals surface area contributed by atoms with Gasteiger partial charge in [-0.1, -0.05) is 19.1 Å². The summed E-state index contributed by atoms with van der Waals surface area (Å²) in [6.45, 7) is 4.08. The van der Waals surface area contributed by atoms with Gasteiger partial charge in [-0.25, -0.2) is 0 Å². The maximum Gasteiger partial charge on any atom is 0.256 e. The first-order valence-electron chi connectivity index (χ1n) is 5.41. The summed E-state index contributed by atoms with van der Waals surface area (Å²) in [5, 5.41) is 13.0. The summed E-state index contributed by atoms with van der Waals surface area (Å²) in [6.07, 6.45) is 0.322. The van der Waals surface area contributed by atoms with Gasteiger partial charge in [0.1, 0.15) is 0 Å². The van der Waals surface area contributed by atoms with Gasteiger partial charge in [0.2, 0.25) is 0 Å². The highest BCUT2D eigenvalue weighted by molar-refractivity contribution is 5.86. The Hall–Kier alpha value is -1.55. The lowest BCUT2D eigenvalue weighted by Gasteiger charge is -2.25. The molecule has 0 aliphatic rings. The molecule has 0 saturated heterocycles. The van der Waals surface area contributed by atoms with E-state index in [9.17, 15) is 9.90 Å². The fourth-order valence-electron chi connectivity index (χ4n) is 1.56. The molecular formula is C12H18N2O2. The second-order valence-electron chi connectivity index (χ2n) is 3.70. The number of carbonyl (C=O) groups excluding carboxylic acids is 1. The Morgan fingerprint density at radius 3 is 2.38 bits per heavy atom. The van der Waals surface area contributed by atoms with E-state index in [4.69, 9.17) is 5.73 Å². The van der Waals surface area contributed by atoms with Crippen LogP contribution in [0.2, 0.25) is 0 Å². The lowest BCUT2D eigenvalue weighted by Crippen LogP contribution is -2.44. The van der Waals surface area contributed by atoms with Crippen molar-refractivity contribution in [1.29, 1.82) is 0 Å². The van der Waals surface area contributed by atoms with Crippen molar-refractivity contribution in [3.63, 3.8) is 0 Å². The molecular weight excluding hydrogens is 204 g/mol. The summed E-state index contributed by atoms with van der Waals surface area (Å²) in [6, 6.07) is 6.70. The molecule has 1 amide bonds. The molecule has 0 bridgehead atoms. The normalized spacial score (nSPS) is 14.2. The molecule has 16 heavy (non-hydrogen) atoms. The van der Waals surface area contributed by atoms with Crippen LogP contribution in [-0.2, 0) is 10.4 Å². The minimum atomic E-state index is -1.47. The Morgan fingerprint density at radius 2 is 1.94 bits per heavy atom. The molecule has 1 atom stereocenters. The molecule has 0 fully saturated rings. The van der Waals surface area contributed by atoms with E-state index in [0.717, 1.165) is 0 Å². The summed E-state index contributed by atoms with van der Waals surface area (Å²) >= 11 is 0. The number of hydrogen-bond acceptors (Lipinski definition) is 3. The Kier molecular flexibility index (Phi) is 3.90. The van der Waals surface area contributed by atoms with Crippen LogP contribution in [0.15, 0.2) is 24.3 Å². The number of nitrogens with two attached hydrogens (primary N) is 1. The molecule has 1 rings (SSSR count). The molecule has 0 aliphatic carbocycles. The average molecular weight is 222 g/mol. The molecule has 1 unspecified atom stereocenters. The number of rotatable bonds is 4. The predicted octanol–water partition coefficient (Wildman–Crippen LogP) is 1.00. The van der Waals surface area contributed by atoms with E-state index >= 15 is 0 Å². The van der Waals surface area contributed by atoms with Crippen molar-refractivity contribution < 1.29 is 9.90 Å². The van der Waals surface area contributed by atoms with Crippen LogP contribution in [0.3, 0.4) is 0 Å². The average Bonchev–Trinajstić information content (AvgIpc) is 2.29. The summed E-state index contributed by atoms with van der Waals surface area (Å²) in [7, 11) is 0. The first-order valence-corrected chi connectivity index (χ1v) is 5.41. The van der Waals surface area contributed by atoms with Gasteiger partial charge in [-0.2, -0.15) is 0 Å². The van der Waals surface area contributed by atoms with Gasteiger partial charge in [0.05, 0.1) is 0 Å². The molecule has 4 heteroatoms. The monoisotopic (exact) mass is 222 g/mol. The lowest BCUT2D eigenvalue weighted by molar-refractivity contribution is -0.141. The van der Waals surface area contributed by atoms with E-state index in [1.54, 1.807) is 31.2 Å². The molecule has 88 valence electrons. The quantitative estimate of drug-likeness (QED) is 0.665. The molecule has 4 nitrogen and oxygen atoms in total. The zero-order valence-electron chi connectivity index (χ0n) is 9.66. The van der Waals surface area contributed by atoms with Crippen molar-refractivity contribution in [3.05, 3.63) is 29.8 Å². The van der Waals surface area contributed by atoms with Gasteiger partial charge in [0.25, 0.3) is 5.91 Å². The van der Waals surface area contributed by atoms with Crippen LogP contribution in [0.25, 0.3) is 0 Å². The fraction of sp³-hybridized carbons (Fsp3) is 0.417. The van der Waals surface area contributed by atoms with Gasteiger partial charge in [0.15, 0.2) is 5.60 Å². The highest BCUT2D eigenvalue weighted by Gasteiger charge is 2.35. The topological polar surface area (TPSA) is 75.3 Å². The fourth-order valence-corrected chi connectivity index (χ4v) is 1.56. The largest absolute Gasteiger partial charge is 0.399 e. The Balaban J connectivity index is 3.04. The van der Waals surface area contributed by atoms with Crippen LogP contribution in [0.4, 0.5) is 5.69 Å². The van der Waals surface area contributed by atoms with Crippen molar-refractivity contribution in [1.82, 2.24) is 5.32 Å². The number of likely N-dealkylation sites (N-methyl/N-ethyl adjacent to an activating group) is 1. The van der Waals surface area contributed by atoms with Crippen LogP contribution in [0.1, 0.15) is 25.8 Å². The molecule has 1 aromatic carbocycles. The second-order valence-corrected chi connectivity index (χ2v) is 3.70. The molecule has 0 radical (unpaired) electrons. The number of hydrogen-bond donors (Lipinski definition) is 3. The molecule has 0 aromatic heterocycles. The van der Waals surface area contributed by atoms with Crippen LogP contribution >= 0.6 is 0 Å². The van der Waals surface area contributed by atoms with E-state index in [2.05, 4.69) is 5.32 Å². The SMILES string of the molecule is CCNC(=O)C(O)(CC)c1ccc(N)cc1. The van der Waals surface area contributed by atoms with Gasteiger partial charge >= 0.3 is 0 Å². The summed E-state index contributed by atoms with van der Waals surface area (Å²) in [4.78, 5) is 11.8. The number of nitrogen functional groups attached to an aromatic ring is 1. The van der Waals surface area contributed by atoms with Crippen LogP contribution < -0.4 is 11.1 Å². The number of aliphatic hydroxyl groups is 1. The maximum absolute atomic E-state index is 11.8. The molecule has 0 saturated carbocycles. The number of benzene rings is 1. The minimum absolute atomic E-state index is 0.322. The number of nitrogens with one attached hydrogen (secondary N) is 1.